The first-order valence-corrected chi connectivity index (χ1v) is 6.63. The summed E-state index contributed by atoms with van der Waals surface area (Å²) in [5.74, 6) is -1.56. The van der Waals surface area contributed by atoms with E-state index >= 15 is 0 Å². The Bertz CT molecular complexity index is 714. The van der Waals surface area contributed by atoms with E-state index in [0.717, 1.165) is 6.07 Å². The Morgan fingerprint density at radius 2 is 2.24 bits per heavy atom. The topological polar surface area (TPSA) is 103 Å². The number of nitrogens with zero attached hydrogens (tertiary/aromatic N) is 1. The number of carbonyl (C=O) groups is 1. The summed E-state index contributed by atoms with van der Waals surface area (Å²) in [6.45, 7) is -0.195. The molecule has 9 heteroatoms. The van der Waals surface area contributed by atoms with Crippen molar-refractivity contribution in [3.8, 4) is 5.75 Å². The highest BCUT2D eigenvalue weighted by molar-refractivity contribution is 9.10. The predicted molar refractivity (Wildman–Crippen MR) is 75.8 cm³/mol. The van der Waals surface area contributed by atoms with Gasteiger partial charge >= 0.3 is 11.7 Å². The second-order valence-corrected chi connectivity index (χ2v) is 5.15. The number of carboxylic acid groups (broad SMARTS) is 1. The Balaban J connectivity index is 2.30. The standard InChI is InChI=1S/C12H7BrClNO6/c13-8-3-7(14)4-9(15(18)19)11(8)21-5-6-1-2-20-10(6)12(16)17/h1-4H,5H2,(H,16,17). The maximum atomic E-state index is 11.0. The number of furan rings is 1. The highest BCUT2D eigenvalue weighted by atomic mass is 79.9. The van der Waals surface area contributed by atoms with Crippen molar-refractivity contribution in [2.45, 2.75) is 6.61 Å². The molecular weight excluding hydrogens is 369 g/mol. The van der Waals surface area contributed by atoms with E-state index in [1.807, 2.05) is 0 Å². The van der Waals surface area contributed by atoms with Crippen molar-refractivity contribution in [1.29, 1.82) is 0 Å². The summed E-state index contributed by atoms with van der Waals surface area (Å²) in [7, 11) is 0. The van der Waals surface area contributed by atoms with Gasteiger partial charge in [0.25, 0.3) is 0 Å². The first kappa shape index (κ1) is 15.3. The van der Waals surface area contributed by atoms with E-state index in [1.165, 1.54) is 18.4 Å². The van der Waals surface area contributed by atoms with Crippen molar-refractivity contribution < 1.29 is 24.0 Å². The average molecular weight is 377 g/mol. The molecule has 0 radical (unpaired) electrons. The van der Waals surface area contributed by atoms with Crippen LogP contribution in [0.1, 0.15) is 16.1 Å². The molecule has 0 saturated carbocycles. The molecule has 0 atom stereocenters. The van der Waals surface area contributed by atoms with E-state index in [-0.39, 0.29) is 34.4 Å². The minimum Gasteiger partial charge on any atom is -0.481 e. The number of hydrogen-bond acceptors (Lipinski definition) is 5. The van der Waals surface area contributed by atoms with Gasteiger partial charge in [0.15, 0.2) is 0 Å². The van der Waals surface area contributed by atoms with Crippen molar-refractivity contribution in [2.75, 3.05) is 0 Å². The fraction of sp³-hybridized carbons (Fsp3) is 0.0833. The van der Waals surface area contributed by atoms with Gasteiger partial charge in [0, 0.05) is 16.7 Å². The smallest absolute Gasteiger partial charge is 0.372 e. The van der Waals surface area contributed by atoms with Crippen molar-refractivity contribution >= 4 is 39.2 Å². The largest absolute Gasteiger partial charge is 0.481 e. The van der Waals surface area contributed by atoms with Crippen LogP contribution in [0.4, 0.5) is 5.69 Å². The lowest BCUT2D eigenvalue weighted by Crippen LogP contribution is -2.04. The van der Waals surface area contributed by atoms with Crippen LogP contribution in [0.3, 0.4) is 0 Å². The zero-order valence-corrected chi connectivity index (χ0v) is 12.6. The van der Waals surface area contributed by atoms with E-state index in [4.69, 9.17) is 25.9 Å². The first-order chi connectivity index (χ1) is 9.90. The fourth-order valence-corrected chi connectivity index (χ4v) is 2.52. The van der Waals surface area contributed by atoms with E-state index in [1.54, 1.807) is 0 Å². The third kappa shape index (κ3) is 3.34. The Morgan fingerprint density at radius 1 is 1.52 bits per heavy atom. The molecule has 21 heavy (non-hydrogen) atoms. The Kier molecular flexibility index (Phi) is 4.49. The van der Waals surface area contributed by atoms with Gasteiger partial charge < -0.3 is 14.3 Å². The summed E-state index contributed by atoms with van der Waals surface area (Å²) in [6.07, 6.45) is 1.20. The van der Waals surface area contributed by atoms with Gasteiger partial charge in [0.2, 0.25) is 11.5 Å². The molecule has 0 aliphatic heterocycles. The Hall–Kier alpha value is -2.06. The summed E-state index contributed by atoms with van der Waals surface area (Å²) >= 11 is 8.87. The molecule has 1 heterocycles. The number of ether oxygens (including phenoxy) is 1. The van der Waals surface area contributed by atoms with Gasteiger partial charge in [0.05, 0.1) is 15.7 Å². The molecular formula is C12H7BrClNO6. The minimum atomic E-state index is -1.25. The van der Waals surface area contributed by atoms with Crippen LogP contribution in [0.5, 0.6) is 5.75 Å². The van der Waals surface area contributed by atoms with E-state index in [2.05, 4.69) is 15.9 Å². The Labute approximate surface area is 131 Å². The molecule has 0 amide bonds. The van der Waals surface area contributed by atoms with Gasteiger partial charge in [-0.2, -0.15) is 0 Å². The van der Waals surface area contributed by atoms with Crippen LogP contribution in [0, 0.1) is 10.1 Å². The molecule has 110 valence electrons. The normalized spacial score (nSPS) is 10.4. The molecule has 1 N–H and O–H groups in total. The van der Waals surface area contributed by atoms with E-state index in [9.17, 15) is 14.9 Å². The van der Waals surface area contributed by atoms with Crippen LogP contribution in [-0.4, -0.2) is 16.0 Å². The number of nitro groups is 1. The van der Waals surface area contributed by atoms with Gasteiger partial charge in [-0.1, -0.05) is 11.6 Å². The summed E-state index contributed by atoms with van der Waals surface area (Å²) < 4.78 is 10.4. The number of rotatable bonds is 5. The van der Waals surface area contributed by atoms with Crippen LogP contribution in [-0.2, 0) is 6.61 Å². The van der Waals surface area contributed by atoms with Gasteiger partial charge in [-0.15, -0.1) is 0 Å². The number of carboxylic acids is 1. The molecule has 1 aromatic heterocycles. The molecule has 0 aliphatic rings. The lowest BCUT2D eigenvalue weighted by atomic mass is 10.2. The van der Waals surface area contributed by atoms with Gasteiger partial charge in [0.1, 0.15) is 6.61 Å². The highest BCUT2D eigenvalue weighted by Crippen LogP contribution is 2.38. The third-order valence-electron chi connectivity index (χ3n) is 2.50. The second kappa shape index (κ2) is 6.15. The summed E-state index contributed by atoms with van der Waals surface area (Å²) in [6, 6.07) is 4.01. The molecule has 0 bridgehead atoms. The van der Waals surface area contributed by atoms with Crippen molar-refractivity contribution in [3.05, 3.63) is 55.4 Å². The molecule has 7 nitrogen and oxygen atoms in total. The van der Waals surface area contributed by atoms with Crippen LogP contribution >= 0.6 is 27.5 Å². The van der Waals surface area contributed by atoms with Gasteiger partial charge in [-0.05, 0) is 28.1 Å². The van der Waals surface area contributed by atoms with Crippen molar-refractivity contribution in [2.24, 2.45) is 0 Å². The van der Waals surface area contributed by atoms with Crippen LogP contribution < -0.4 is 4.74 Å². The van der Waals surface area contributed by atoms with Crippen LogP contribution in [0.25, 0.3) is 0 Å². The lowest BCUT2D eigenvalue weighted by molar-refractivity contribution is -0.386. The molecule has 0 unspecified atom stereocenters. The predicted octanol–water partition coefficient (Wildman–Crippen LogP) is 3.88. The molecule has 2 aromatic rings. The maximum Gasteiger partial charge on any atom is 0.372 e. The monoisotopic (exact) mass is 375 g/mol. The summed E-state index contributed by atoms with van der Waals surface area (Å²) in [5.41, 5.74) is -0.0617. The van der Waals surface area contributed by atoms with Crippen LogP contribution in [0.2, 0.25) is 5.02 Å². The molecule has 2 rings (SSSR count). The Morgan fingerprint density at radius 3 is 2.86 bits per heavy atom. The quantitative estimate of drug-likeness (QED) is 0.627. The SMILES string of the molecule is O=C(O)c1occc1COc1c(Br)cc(Cl)cc1[N+](=O)[O-]. The fourth-order valence-electron chi connectivity index (χ4n) is 1.61. The maximum absolute atomic E-state index is 11.0. The molecule has 0 saturated heterocycles. The van der Waals surface area contributed by atoms with Gasteiger partial charge in [-0.25, -0.2) is 4.79 Å². The number of aromatic carboxylic acids is 1. The van der Waals surface area contributed by atoms with Crippen molar-refractivity contribution in [3.63, 3.8) is 0 Å². The lowest BCUT2D eigenvalue weighted by Gasteiger charge is -2.08. The number of nitro benzene ring substituents is 1. The summed E-state index contributed by atoms with van der Waals surface area (Å²) in [5, 5.41) is 20.1. The number of halogens is 2. The van der Waals surface area contributed by atoms with Crippen molar-refractivity contribution in [1.82, 2.24) is 0 Å². The molecule has 1 aromatic carbocycles. The summed E-state index contributed by atoms with van der Waals surface area (Å²) in [4.78, 5) is 21.3. The second-order valence-electron chi connectivity index (χ2n) is 3.86. The van der Waals surface area contributed by atoms with Gasteiger partial charge in [-0.3, -0.25) is 10.1 Å². The van der Waals surface area contributed by atoms with Crippen LogP contribution in [0.15, 0.2) is 33.4 Å². The zero-order chi connectivity index (χ0) is 15.6. The highest BCUT2D eigenvalue weighted by Gasteiger charge is 2.22. The molecule has 0 aliphatic carbocycles. The van der Waals surface area contributed by atoms with E-state index < -0.39 is 10.9 Å². The minimum absolute atomic E-state index is 0.0399. The molecule has 0 fully saturated rings. The van der Waals surface area contributed by atoms with E-state index in [0.29, 0.717) is 4.47 Å². The number of benzene rings is 1. The average Bonchev–Trinajstić information content (AvgIpc) is 2.85. The third-order valence-corrected chi connectivity index (χ3v) is 3.31. The first-order valence-electron chi connectivity index (χ1n) is 5.46. The number of hydrogen-bond donors (Lipinski definition) is 1. The molecule has 0 spiro atoms. The zero-order valence-electron chi connectivity index (χ0n) is 10.2.